The van der Waals surface area contributed by atoms with Gasteiger partial charge in [0.05, 0.1) is 37.7 Å². The average molecular weight is 816 g/mol. The van der Waals surface area contributed by atoms with E-state index in [2.05, 4.69) is 21.3 Å². The van der Waals surface area contributed by atoms with E-state index in [4.69, 9.17) is 14.0 Å². The SMILES string of the molecule is CCC(=O)N[C@H]1C[C@@H](COCCS(=O)(=O)O)N(CC(=O)N[C@H](C(=O)N[C@@H](C)C(=O)Nc2ccc(C)c(CC[C@@H]3O[C@H](C(=O)O)[C@@H](O)[C@H](O)[C@H]3O)c2)C(C)C)C1=O. The molecule has 2 saturated heterocycles. The number of carbonyl (C=O) groups excluding carboxylic acids is 5. The highest BCUT2D eigenvalue weighted by molar-refractivity contribution is 7.85. The summed E-state index contributed by atoms with van der Waals surface area (Å²) in [6, 6.07) is 1.05. The highest BCUT2D eigenvalue weighted by Crippen LogP contribution is 2.26. The lowest BCUT2D eigenvalue weighted by atomic mass is 9.91. The van der Waals surface area contributed by atoms with E-state index < -0.39 is 119 Å². The molecular formula is C35H53N5O15S. The number of benzene rings is 1. The van der Waals surface area contributed by atoms with Crippen LogP contribution >= 0.6 is 0 Å². The third-order valence-corrected chi connectivity index (χ3v) is 10.3. The quantitative estimate of drug-likeness (QED) is 0.0531. The number of carbonyl (C=O) groups is 6. The van der Waals surface area contributed by atoms with Gasteiger partial charge in [0.1, 0.15) is 36.4 Å². The summed E-state index contributed by atoms with van der Waals surface area (Å²) < 4.78 is 41.8. The summed E-state index contributed by atoms with van der Waals surface area (Å²) in [6.07, 6.45) is -7.40. The van der Waals surface area contributed by atoms with E-state index in [1.54, 1.807) is 45.9 Å². The van der Waals surface area contributed by atoms with Crippen LogP contribution < -0.4 is 21.3 Å². The van der Waals surface area contributed by atoms with Crippen LogP contribution in [0.15, 0.2) is 18.2 Å². The Labute approximate surface area is 324 Å². The van der Waals surface area contributed by atoms with E-state index in [-0.39, 0.29) is 38.9 Å². The summed E-state index contributed by atoms with van der Waals surface area (Å²) in [6.45, 7) is 7.05. The zero-order chi connectivity index (χ0) is 42.1. The number of hydrogen-bond donors (Lipinski definition) is 9. The number of carboxylic acid groups (broad SMARTS) is 1. The van der Waals surface area contributed by atoms with Gasteiger partial charge in [-0.1, -0.05) is 26.8 Å². The van der Waals surface area contributed by atoms with Gasteiger partial charge in [-0.05, 0) is 62.3 Å². The highest BCUT2D eigenvalue weighted by atomic mass is 32.2. The fourth-order valence-electron chi connectivity index (χ4n) is 6.28. The number of ether oxygens (including phenoxy) is 2. The number of aliphatic hydroxyl groups is 3. The van der Waals surface area contributed by atoms with Crippen molar-refractivity contribution in [3.63, 3.8) is 0 Å². The van der Waals surface area contributed by atoms with E-state index in [1.807, 2.05) is 0 Å². The lowest BCUT2D eigenvalue weighted by Crippen LogP contribution is -2.59. The monoisotopic (exact) mass is 815 g/mol. The van der Waals surface area contributed by atoms with Gasteiger partial charge in [0.25, 0.3) is 10.1 Å². The molecule has 9 N–H and O–H groups in total. The molecule has 0 unspecified atom stereocenters. The van der Waals surface area contributed by atoms with Gasteiger partial charge in [0.2, 0.25) is 29.5 Å². The molecule has 0 bridgehead atoms. The second kappa shape index (κ2) is 20.3. The zero-order valence-corrected chi connectivity index (χ0v) is 32.7. The van der Waals surface area contributed by atoms with Crippen LogP contribution in [-0.4, -0.2) is 154 Å². The lowest BCUT2D eigenvalue weighted by Gasteiger charge is -2.39. The molecule has 0 saturated carbocycles. The molecule has 56 heavy (non-hydrogen) atoms. The predicted molar refractivity (Wildman–Crippen MR) is 196 cm³/mol. The fourth-order valence-corrected chi connectivity index (χ4v) is 6.61. The largest absolute Gasteiger partial charge is 0.479 e. The van der Waals surface area contributed by atoms with Gasteiger partial charge in [0, 0.05) is 12.1 Å². The molecule has 2 heterocycles. The first-order chi connectivity index (χ1) is 26.1. The van der Waals surface area contributed by atoms with Gasteiger partial charge in [-0.15, -0.1) is 0 Å². The van der Waals surface area contributed by atoms with Crippen molar-refractivity contribution in [1.29, 1.82) is 0 Å². The van der Waals surface area contributed by atoms with Gasteiger partial charge < -0.3 is 56.1 Å². The summed E-state index contributed by atoms with van der Waals surface area (Å²) >= 11 is 0. The molecular weight excluding hydrogens is 762 g/mol. The van der Waals surface area contributed by atoms with Gasteiger partial charge in [-0.2, -0.15) is 8.42 Å². The first-order valence-electron chi connectivity index (χ1n) is 18.2. The molecule has 5 amide bonds. The molecule has 3 rings (SSSR count). The van der Waals surface area contributed by atoms with E-state index in [0.717, 1.165) is 10.5 Å². The van der Waals surface area contributed by atoms with Crippen LogP contribution in [0.2, 0.25) is 0 Å². The van der Waals surface area contributed by atoms with E-state index in [0.29, 0.717) is 11.3 Å². The number of aliphatic hydroxyl groups excluding tert-OH is 3. The minimum atomic E-state index is -4.30. The number of anilines is 1. The molecule has 0 radical (unpaired) electrons. The Morgan fingerprint density at radius 2 is 1.68 bits per heavy atom. The lowest BCUT2D eigenvalue weighted by molar-refractivity contribution is -0.228. The summed E-state index contributed by atoms with van der Waals surface area (Å²) in [5.74, 6) is -5.64. The second-order valence-electron chi connectivity index (χ2n) is 14.3. The zero-order valence-electron chi connectivity index (χ0n) is 31.8. The van der Waals surface area contributed by atoms with Crippen molar-refractivity contribution in [2.75, 3.05) is 30.8 Å². The van der Waals surface area contributed by atoms with Crippen molar-refractivity contribution >= 4 is 51.3 Å². The number of amides is 5. The molecule has 1 aromatic carbocycles. The van der Waals surface area contributed by atoms with Crippen molar-refractivity contribution < 1.29 is 71.6 Å². The van der Waals surface area contributed by atoms with Gasteiger partial charge in [-0.3, -0.25) is 28.5 Å². The number of carboxylic acids is 1. The summed E-state index contributed by atoms with van der Waals surface area (Å²) in [5, 5.41) is 50.2. The molecule has 2 aliphatic rings. The van der Waals surface area contributed by atoms with E-state index in [9.17, 15) is 57.6 Å². The maximum atomic E-state index is 13.4. The molecule has 1 aromatic rings. The third-order valence-electron chi connectivity index (χ3n) is 9.58. The Morgan fingerprint density at radius 3 is 2.29 bits per heavy atom. The molecule has 0 aliphatic carbocycles. The maximum Gasteiger partial charge on any atom is 0.335 e. The van der Waals surface area contributed by atoms with Crippen molar-refractivity contribution in [3.05, 3.63) is 29.3 Å². The predicted octanol–water partition coefficient (Wildman–Crippen LogP) is -2.15. The summed E-state index contributed by atoms with van der Waals surface area (Å²) in [5.41, 5.74) is 1.86. The summed E-state index contributed by atoms with van der Waals surface area (Å²) in [4.78, 5) is 77.6. The smallest absolute Gasteiger partial charge is 0.335 e. The van der Waals surface area contributed by atoms with Crippen molar-refractivity contribution in [3.8, 4) is 0 Å². The van der Waals surface area contributed by atoms with E-state index in [1.165, 1.54) is 6.92 Å². The van der Waals surface area contributed by atoms with E-state index >= 15 is 0 Å². The Morgan fingerprint density at radius 1 is 1.00 bits per heavy atom. The number of nitrogens with zero attached hydrogens (tertiary/aromatic N) is 1. The number of hydrogen-bond acceptors (Lipinski definition) is 13. The highest BCUT2D eigenvalue weighted by Gasteiger charge is 2.46. The third kappa shape index (κ3) is 12.9. The van der Waals surface area contributed by atoms with Gasteiger partial charge >= 0.3 is 5.97 Å². The molecule has 0 spiro atoms. The van der Waals surface area contributed by atoms with Crippen LogP contribution in [0.5, 0.6) is 0 Å². The van der Waals surface area contributed by atoms with Crippen molar-refractivity contribution in [2.24, 2.45) is 5.92 Å². The van der Waals surface area contributed by atoms with Crippen molar-refractivity contribution in [1.82, 2.24) is 20.9 Å². The van der Waals surface area contributed by atoms with Crippen molar-refractivity contribution in [2.45, 2.75) is 115 Å². The van der Waals surface area contributed by atoms with Gasteiger partial charge in [-0.25, -0.2) is 4.79 Å². The van der Waals surface area contributed by atoms with Crippen LogP contribution in [0.4, 0.5) is 5.69 Å². The topological polar surface area (TPSA) is 308 Å². The second-order valence-corrected chi connectivity index (χ2v) is 15.9. The summed E-state index contributed by atoms with van der Waals surface area (Å²) in [7, 11) is -4.30. The molecule has 9 atom stereocenters. The minimum Gasteiger partial charge on any atom is -0.479 e. The maximum absolute atomic E-state index is 13.4. The van der Waals surface area contributed by atoms with Gasteiger partial charge in [0.15, 0.2) is 6.10 Å². The number of aliphatic carboxylic acids is 1. The Bertz CT molecular complexity index is 1710. The average Bonchev–Trinajstić information content (AvgIpc) is 3.40. The number of rotatable bonds is 19. The Kier molecular flexibility index (Phi) is 16.7. The van der Waals surface area contributed by atoms with Crippen LogP contribution in [0, 0.1) is 12.8 Å². The minimum absolute atomic E-state index is 0.0628. The molecule has 314 valence electrons. The number of aryl methyl sites for hydroxylation is 2. The molecule has 2 aliphatic heterocycles. The number of likely N-dealkylation sites (tertiary alicyclic amines) is 1. The van der Waals surface area contributed by atoms with Crippen LogP contribution in [0.1, 0.15) is 58.1 Å². The molecule has 2 fully saturated rings. The Hall–Kier alpha value is -4.25. The standard InChI is InChI=1S/C35H53N5O15S/c1-6-25(41)38-23-14-22(16-54-11-12-56(51,52)53)40(34(23)48)15-26(42)39-27(17(2)3)33(47)36-19(5)32(46)37-21-9-7-18(4)20(13-21)8-10-24-28(43)29(44)30(45)31(55-24)35(49)50/h7,9,13,17,19,22-24,27-31,43-45H,6,8,10-12,14-16H2,1-5H3,(H,36,47)(H,37,46)(H,38,41)(H,39,42)(H,49,50)(H,51,52,53)/t19-,22-,23-,24-,27-,28-,29+,30-,31-/m0/s1. The molecule has 21 heteroatoms. The number of nitrogens with one attached hydrogen (secondary N) is 4. The first-order valence-corrected chi connectivity index (χ1v) is 19.8. The molecule has 0 aromatic heterocycles. The first kappa shape index (κ1) is 46.1. The van der Waals surface area contributed by atoms with Crippen LogP contribution in [0.3, 0.4) is 0 Å². The molecule has 20 nitrogen and oxygen atoms in total. The fraction of sp³-hybridized carbons (Fsp3) is 0.657. The normalized spacial score (nSPS) is 25.0. The van der Waals surface area contributed by atoms with Crippen LogP contribution in [0.25, 0.3) is 0 Å². The van der Waals surface area contributed by atoms with Crippen LogP contribution in [-0.2, 0) is 54.8 Å². The Balaban J connectivity index is 1.61.